The molecule has 0 atom stereocenters. The zero-order chi connectivity index (χ0) is 13.2. The molecule has 0 radical (unpaired) electrons. The summed E-state index contributed by atoms with van der Waals surface area (Å²) in [4.78, 5) is 14.2. The van der Waals surface area contributed by atoms with Crippen molar-refractivity contribution in [2.45, 2.75) is 25.8 Å². The number of nitrogens with one attached hydrogen (secondary N) is 1. The molecule has 0 bridgehead atoms. The molecule has 1 N–H and O–H groups in total. The second kappa shape index (κ2) is 5.06. The highest BCUT2D eigenvalue weighted by Crippen LogP contribution is 2.21. The number of carbonyl (C=O) groups excluding carboxylic acids is 1. The highest BCUT2D eigenvalue weighted by molar-refractivity contribution is 5.95. The SMILES string of the molecule is CC1(C)CNCCCN1C(=O)c1ccccc1F. The van der Waals surface area contributed by atoms with E-state index in [9.17, 15) is 9.18 Å². The minimum Gasteiger partial charge on any atom is -0.332 e. The van der Waals surface area contributed by atoms with E-state index < -0.39 is 5.82 Å². The van der Waals surface area contributed by atoms with Crippen molar-refractivity contribution < 1.29 is 9.18 Å². The highest BCUT2D eigenvalue weighted by Gasteiger charge is 2.33. The summed E-state index contributed by atoms with van der Waals surface area (Å²) in [5, 5.41) is 3.30. The lowest BCUT2D eigenvalue weighted by atomic mass is 10.0. The summed E-state index contributed by atoms with van der Waals surface area (Å²) in [7, 11) is 0. The summed E-state index contributed by atoms with van der Waals surface area (Å²) >= 11 is 0. The van der Waals surface area contributed by atoms with Crippen molar-refractivity contribution in [3.05, 3.63) is 35.6 Å². The van der Waals surface area contributed by atoms with E-state index in [0.717, 1.165) is 19.5 Å². The summed E-state index contributed by atoms with van der Waals surface area (Å²) in [6.45, 7) is 6.29. The Kier molecular flexibility index (Phi) is 3.66. The standard InChI is InChI=1S/C14H19FN2O/c1-14(2)10-16-8-5-9-17(14)13(18)11-6-3-4-7-12(11)15/h3-4,6-7,16H,5,8-10H2,1-2H3. The van der Waals surface area contributed by atoms with Crippen molar-refractivity contribution in [2.75, 3.05) is 19.6 Å². The molecule has 18 heavy (non-hydrogen) atoms. The van der Waals surface area contributed by atoms with Crippen molar-refractivity contribution in [1.82, 2.24) is 10.2 Å². The topological polar surface area (TPSA) is 32.3 Å². The van der Waals surface area contributed by atoms with Gasteiger partial charge in [0.1, 0.15) is 5.82 Å². The van der Waals surface area contributed by atoms with Crippen molar-refractivity contribution in [3.63, 3.8) is 0 Å². The lowest BCUT2D eigenvalue weighted by Crippen LogP contribution is -2.51. The van der Waals surface area contributed by atoms with E-state index in [1.54, 1.807) is 23.1 Å². The molecule has 2 rings (SSSR count). The van der Waals surface area contributed by atoms with Crippen LogP contribution in [0.1, 0.15) is 30.6 Å². The third kappa shape index (κ3) is 2.53. The molecule has 1 amide bonds. The van der Waals surface area contributed by atoms with Gasteiger partial charge in [-0.25, -0.2) is 4.39 Å². The fourth-order valence-corrected chi connectivity index (χ4v) is 2.31. The van der Waals surface area contributed by atoms with E-state index in [0.29, 0.717) is 6.54 Å². The summed E-state index contributed by atoms with van der Waals surface area (Å²) < 4.78 is 13.7. The minimum absolute atomic E-state index is 0.160. The van der Waals surface area contributed by atoms with Gasteiger partial charge in [0.15, 0.2) is 0 Å². The molecule has 0 aliphatic carbocycles. The summed E-state index contributed by atoms with van der Waals surface area (Å²) in [5.74, 6) is -0.669. The summed E-state index contributed by atoms with van der Waals surface area (Å²) in [6.07, 6.45) is 0.892. The van der Waals surface area contributed by atoms with Crippen LogP contribution in [0.15, 0.2) is 24.3 Å². The van der Waals surface area contributed by atoms with Gasteiger partial charge in [-0.15, -0.1) is 0 Å². The molecule has 1 aromatic carbocycles. The van der Waals surface area contributed by atoms with Crippen LogP contribution in [0, 0.1) is 5.82 Å². The monoisotopic (exact) mass is 250 g/mol. The minimum atomic E-state index is -0.449. The molecule has 1 heterocycles. The molecule has 1 aromatic rings. The molecule has 0 unspecified atom stereocenters. The van der Waals surface area contributed by atoms with Crippen LogP contribution in [0.2, 0.25) is 0 Å². The molecule has 98 valence electrons. The van der Waals surface area contributed by atoms with Crippen LogP contribution in [0.4, 0.5) is 4.39 Å². The van der Waals surface area contributed by atoms with Crippen LogP contribution in [0.25, 0.3) is 0 Å². The average molecular weight is 250 g/mol. The molecule has 0 saturated carbocycles. The number of amides is 1. The predicted octanol–water partition coefficient (Wildman–Crippen LogP) is 2.04. The van der Waals surface area contributed by atoms with E-state index in [2.05, 4.69) is 5.32 Å². The quantitative estimate of drug-likeness (QED) is 0.827. The van der Waals surface area contributed by atoms with Crippen molar-refractivity contribution in [3.8, 4) is 0 Å². The first kappa shape index (κ1) is 13.0. The van der Waals surface area contributed by atoms with Gasteiger partial charge in [0.05, 0.1) is 5.56 Å². The van der Waals surface area contributed by atoms with E-state index in [-0.39, 0.29) is 17.0 Å². The van der Waals surface area contributed by atoms with Gasteiger partial charge in [-0.2, -0.15) is 0 Å². The van der Waals surface area contributed by atoms with Crippen molar-refractivity contribution in [2.24, 2.45) is 0 Å². The summed E-state index contributed by atoms with van der Waals surface area (Å²) in [6, 6.07) is 6.17. The van der Waals surface area contributed by atoms with Gasteiger partial charge in [0, 0.05) is 18.6 Å². The predicted molar refractivity (Wildman–Crippen MR) is 69.0 cm³/mol. The Morgan fingerprint density at radius 1 is 1.39 bits per heavy atom. The second-order valence-electron chi connectivity index (χ2n) is 5.28. The van der Waals surface area contributed by atoms with Gasteiger partial charge in [0.2, 0.25) is 0 Å². The fourth-order valence-electron chi connectivity index (χ4n) is 2.31. The first-order valence-electron chi connectivity index (χ1n) is 6.29. The lowest BCUT2D eigenvalue weighted by molar-refractivity contribution is 0.0573. The molecule has 4 heteroatoms. The molecular weight excluding hydrogens is 231 g/mol. The Hall–Kier alpha value is -1.42. The maximum Gasteiger partial charge on any atom is 0.257 e. The molecule has 1 aliphatic heterocycles. The van der Waals surface area contributed by atoms with Crippen molar-refractivity contribution >= 4 is 5.91 Å². The molecule has 0 aromatic heterocycles. The van der Waals surface area contributed by atoms with Crippen LogP contribution in [-0.2, 0) is 0 Å². The van der Waals surface area contributed by atoms with Gasteiger partial charge in [-0.1, -0.05) is 12.1 Å². The van der Waals surface area contributed by atoms with Crippen LogP contribution in [0.5, 0.6) is 0 Å². The first-order chi connectivity index (χ1) is 8.52. The van der Waals surface area contributed by atoms with Crippen LogP contribution in [-0.4, -0.2) is 36.0 Å². The fraction of sp³-hybridized carbons (Fsp3) is 0.500. The third-order valence-corrected chi connectivity index (χ3v) is 3.37. The number of hydrogen-bond acceptors (Lipinski definition) is 2. The van der Waals surface area contributed by atoms with Crippen LogP contribution >= 0.6 is 0 Å². The van der Waals surface area contributed by atoms with Crippen LogP contribution in [0.3, 0.4) is 0 Å². The number of rotatable bonds is 1. The Labute approximate surface area is 107 Å². The van der Waals surface area contributed by atoms with Crippen molar-refractivity contribution in [1.29, 1.82) is 0 Å². The molecular formula is C14H19FN2O. The summed E-state index contributed by atoms with van der Waals surface area (Å²) in [5.41, 5.74) is -0.136. The number of carbonyl (C=O) groups is 1. The molecule has 1 aliphatic rings. The maximum absolute atomic E-state index is 13.7. The van der Waals surface area contributed by atoms with Gasteiger partial charge in [0.25, 0.3) is 5.91 Å². The largest absolute Gasteiger partial charge is 0.332 e. The number of halogens is 1. The van der Waals surface area contributed by atoms with E-state index in [4.69, 9.17) is 0 Å². The Morgan fingerprint density at radius 3 is 2.83 bits per heavy atom. The van der Waals surface area contributed by atoms with E-state index in [1.165, 1.54) is 6.07 Å². The second-order valence-corrected chi connectivity index (χ2v) is 5.28. The Morgan fingerprint density at radius 2 is 2.11 bits per heavy atom. The molecule has 1 fully saturated rings. The van der Waals surface area contributed by atoms with E-state index >= 15 is 0 Å². The molecule has 3 nitrogen and oxygen atoms in total. The van der Waals surface area contributed by atoms with Gasteiger partial charge in [-0.3, -0.25) is 4.79 Å². The zero-order valence-electron chi connectivity index (χ0n) is 10.9. The lowest BCUT2D eigenvalue weighted by Gasteiger charge is -2.37. The normalized spacial score (nSPS) is 19.4. The zero-order valence-corrected chi connectivity index (χ0v) is 10.9. The van der Waals surface area contributed by atoms with Gasteiger partial charge >= 0.3 is 0 Å². The highest BCUT2D eigenvalue weighted by atomic mass is 19.1. The number of nitrogens with zero attached hydrogens (tertiary/aromatic N) is 1. The first-order valence-corrected chi connectivity index (χ1v) is 6.29. The maximum atomic E-state index is 13.7. The average Bonchev–Trinajstić information content (AvgIpc) is 2.50. The Bertz CT molecular complexity index is 445. The van der Waals surface area contributed by atoms with Gasteiger partial charge < -0.3 is 10.2 Å². The Balaban J connectivity index is 2.29. The third-order valence-electron chi connectivity index (χ3n) is 3.37. The molecule has 1 saturated heterocycles. The van der Waals surface area contributed by atoms with Gasteiger partial charge in [-0.05, 0) is 38.9 Å². The molecule has 0 spiro atoms. The van der Waals surface area contributed by atoms with Crippen LogP contribution < -0.4 is 5.32 Å². The number of hydrogen-bond donors (Lipinski definition) is 1. The van der Waals surface area contributed by atoms with E-state index in [1.807, 2.05) is 13.8 Å². The smallest absolute Gasteiger partial charge is 0.257 e. The number of benzene rings is 1.